The number of ether oxygens (including phenoxy) is 12. The number of aromatic nitrogens is 4. The average molecular weight is 1460 g/mol. The van der Waals surface area contributed by atoms with Gasteiger partial charge in [0.1, 0.15) is 95.9 Å². The van der Waals surface area contributed by atoms with Crippen molar-refractivity contribution in [1.82, 2.24) is 19.9 Å². The highest BCUT2D eigenvalue weighted by Crippen LogP contribution is 2.47. The van der Waals surface area contributed by atoms with Gasteiger partial charge >= 0.3 is 0 Å². The zero-order valence-electron chi connectivity index (χ0n) is 58.0. The molecule has 0 spiro atoms. The highest BCUT2D eigenvalue weighted by atomic mass is 35.5. The quantitative estimate of drug-likeness (QED) is 0.0409. The maximum Gasteiger partial charge on any atom is 0.230 e. The number of halogens is 4. The van der Waals surface area contributed by atoms with E-state index in [1.54, 1.807) is 157 Å². The SMILES string of the molecule is COc1c2ccoc2nc2c(OC)c(OC[C@@H](O)C(C)(C)Cl)ccc12.COc1c2ccoc2nc2c(OC)c(OC[C@@H](O)C(C)(C)Cl)ccc12.COc1c2ccoc2nc2c(OC)c(OC[C@@H](O)C(C)(C)Cl)ccc12.COc1c2ccoc2nc2c(OC)c(OC[C@@H](O)C(C)(C)Cl)ccc12. The molecular weight excluding hydrogens is 1380 g/mol. The van der Waals surface area contributed by atoms with E-state index < -0.39 is 43.9 Å². The Kier molecular flexibility index (Phi) is 23.7. The number of aliphatic hydroxyl groups is 4. The summed E-state index contributed by atoms with van der Waals surface area (Å²) in [6.45, 7) is 13.9. The van der Waals surface area contributed by atoms with Crippen molar-refractivity contribution in [3.8, 4) is 69.0 Å². The van der Waals surface area contributed by atoms with Crippen LogP contribution in [0.1, 0.15) is 55.4 Å². The molecule has 0 amide bonds. The highest BCUT2D eigenvalue weighted by molar-refractivity contribution is 6.24. The molecular formula is C72H80Cl4N4O20. The lowest BCUT2D eigenvalue weighted by Crippen LogP contribution is -2.35. The van der Waals surface area contributed by atoms with Gasteiger partial charge in [-0.2, -0.15) is 0 Å². The maximum atomic E-state index is 10.1. The van der Waals surface area contributed by atoms with Crippen LogP contribution < -0.4 is 56.8 Å². The summed E-state index contributed by atoms with van der Waals surface area (Å²) in [5.74, 6) is 6.18. The predicted octanol–water partition coefficient (Wildman–Crippen LogP) is 15.0. The molecule has 0 aliphatic carbocycles. The molecule has 100 heavy (non-hydrogen) atoms. The van der Waals surface area contributed by atoms with Crippen LogP contribution in [0.5, 0.6) is 69.0 Å². The largest absolute Gasteiger partial charge is 0.495 e. The van der Waals surface area contributed by atoms with Crippen LogP contribution in [0.25, 0.3) is 88.0 Å². The molecule has 0 fully saturated rings. The van der Waals surface area contributed by atoms with Crippen LogP contribution in [-0.2, 0) is 0 Å². The molecule has 0 unspecified atom stereocenters. The Morgan fingerprint density at radius 2 is 0.470 bits per heavy atom. The van der Waals surface area contributed by atoms with Gasteiger partial charge in [-0.05, 0) is 128 Å². The van der Waals surface area contributed by atoms with Crippen molar-refractivity contribution in [2.24, 2.45) is 0 Å². The molecule has 4 aromatic carbocycles. The van der Waals surface area contributed by atoms with Crippen molar-refractivity contribution < 1.29 is 94.9 Å². The molecule has 8 heterocycles. The van der Waals surface area contributed by atoms with Crippen LogP contribution >= 0.6 is 46.4 Å². The first-order chi connectivity index (χ1) is 47.5. The molecule has 0 aliphatic rings. The van der Waals surface area contributed by atoms with Gasteiger partial charge < -0.3 is 94.9 Å². The Balaban J connectivity index is 0.000000156. The summed E-state index contributed by atoms with van der Waals surface area (Å²) in [7, 11) is 12.5. The maximum absolute atomic E-state index is 10.1. The number of nitrogens with zero attached hydrogens (tertiary/aromatic N) is 4. The fourth-order valence-electron chi connectivity index (χ4n) is 10.2. The lowest BCUT2D eigenvalue weighted by atomic mass is 10.1. The summed E-state index contributed by atoms with van der Waals surface area (Å²) in [5.41, 5.74) is 4.00. The van der Waals surface area contributed by atoms with Crippen molar-refractivity contribution in [3.63, 3.8) is 0 Å². The van der Waals surface area contributed by atoms with Crippen molar-refractivity contribution in [1.29, 1.82) is 0 Å². The zero-order chi connectivity index (χ0) is 72.8. The summed E-state index contributed by atoms with van der Waals surface area (Å²) in [6, 6.07) is 21.6. The zero-order valence-corrected chi connectivity index (χ0v) is 61.0. The fraction of sp³-hybridized carbons (Fsp3) is 0.389. The lowest BCUT2D eigenvalue weighted by Gasteiger charge is -2.24. The van der Waals surface area contributed by atoms with Crippen molar-refractivity contribution in [2.75, 3.05) is 83.3 Å². The summed E-state index contributed by atoms with van der Waals surface area (Å²) >= 11 is 24.4. The number of hydrogen-bond donors (Lipinski definition) is 4. The van der Waals surface area contributed by atoms with E-state index in [-0.39, 0.29) is 26.4 Å². The second-order valence-corrected chi connectivity index (χ2v) is 28.6. The second kappa shape index (κ2) is 31.4. The van der Waals surface area contributed by atoms with Gasteiger partial charge in [-0.1, -0.05) is 0 Å². The van der Waals surface area contributed by atoms with Crippen LogP contribution in [0.2, 0.25) is 0 Å². The van der Waals surface area contributed by atoms with Gasteiger partial charge in [0.2, 0.25) is 22.9 Å². The van der Waals surface area contributed by atoms with Gasteiger partial charge in [-0.3, -0.25) is 0 Å². The van der Waals surface area contributed by atoms with Gasteiger partial charge in [-0.25, -0.2) is 19.9 Å². The third kappa shape index (κ3) is 16.2. The Hall–Kier alpha value is -8.72. The van der Waals surface area contributed by atoms with Crippen LogP contribution in [0.3, 0.4) is 0 Å². The summed E-state index contributed by atoms with van der Waals surface area (Å²) in [6.07, 6.45) is 2.86. The summed E-state index contributed by atoms with van der Waals surface area (Å²) in [4.78, 5) is 14.9. The number of alkyl halides is 4. The first-order valence-corrected chi connectivity index (χ1v) is 32.6. The van der Waals surface area contributed by atoms with Crippen LogP contribution in [0, 0.1) is 0 Å². The Morgan fingerprint density at radius 3 is 0.630 bits per heavy atom. The summed E-state index contributed by atoms with van der Waals surface area (Å²) < 4.78 is 88.6. The topological polar surface area (TPSA) is 296 Å². The molecule has 12 aromatic rings. The van der Waals surface area contributed by atoms with Crippen LogP contribution in [-0.4, -0.2) is 168 Å². The molecule has 4 N–H and O–H groups in total. The molecule has 24 nitrogen and oxygen atoms in total. The molecule has 536 valence electrons. The van der Waals surface area contributed by atoms with Gasteiger partial charge in [-0.15, -0.1) is 46.4 Å². The lowest BCUT2D eigenvalue weighted by molar-refractivity contribution is 0.0795. The molecule has 8 aromatic heterocycles. The molecule has 0 bridgehead atoms. The van der Waals surface area contributed by atoms with Gasteiger partial charge in [0.25, 0.3) is 0 Å². The van der Waals surface area contributed by atoms with Crippen LogP contribution in [0.4, 0.5) is 0 Å². The molecule has 0 aliphatic heterocycles. The van der Waals surface area contributed by atoms with Gasteiger partial charge in [0, 0.05) is 21.5 Å². The third-order valence-corrected chi connectivity index (χ3v) is 17.2. The number of methoxy groups -OCH3 is 8. The molecule has 12 rings (SSSR count). The van der Waals surface area contributed by atoms with E-state index in [1.165, 1.54) is 28.4 Å². The fourth-order valence-corrected chi connectivity index (χ4v) is 10.5. The molecule has 4 atom stereocenters. The molecule has 0 saturated carbocycles. The minimum absolute atomic E-state index is 0.0263. The summed E-state index contributed by atoms with van der Waals surface area (Å²) in [5, 5.41) is 46.5. The van der Waals surface area contributed by atoms with Crippen LogP contribution in [0.15, 0.2) is 116 Å². The Bertz CT molecular complexity index is 4200. The number of fused-ring (bicyclic) bond motifs is 8. The number of benzene rings is 4. The van der Waals surface area contributed by atoms with Crippen molar-refractivity contribution in [2.45, 2.75) is 99.3 Å². The smallest absolute Gasteiger partial charge is 0.230 e. The van der Waals surface area contributed by atoms with Crippen molar-refractivity contribution >= 4 is 134 Å². The Morgan fingerprint density at radius 1 is 0.290 bits per heavy atom. The van der Waals surface area contributed by atoms with E-state index in [9.17, 15) is 20.4 Å². The number of hydrogen-bond acceptors (Lipinski definition) is 24. The highest BCUT2D eigenvalue weighted by Gasteiger charge is 2.31. The normalized spacial score (nSPS) is 13.2. The first kappa shape index (κ1) is 75.5. The molecule has 0 radical (unpaired) electrons. The van der Waals surface area contributed by atoms with E-state index in [2.05, 4.69) is 19.9 Å². The van der Waals surface area contributed by atoms with E-state index in [0.29, 0.717) is 114 Å². The number of aliphatic hydroxyl groups excluding tert-OH is 4. The van der Waals surface area contributed by atoms with E-state index >= 15 is 0 Å². The monoisotopic (exact) mass is 1460 g/mol. The second-order valence-electron chi connectivity index (χ2n) is 24.7. The predicted molar refractivity (Wildman–Crippen MR) is 384 cm³/mol. The third-order valence-electron chi connectivity index (χ3n) is 16.2. The van der Waals surface area contributed by atoms with Gasteiger partial charge in [0.05, 0.1) is 123 Å². The van der Waals surface area contributed by atoms with E-state index in [0.717, 1.165) is 43.1 Å². The molecule has 0 saturated heterocycles. The first-order valence-electron chi connectivity index (χ1n) is 31.1. The van der Waals surface area contributed by atoms with E-state index in [1.807, 2.05) is 24.3 Å². The van der Waals surface area contributed by atoms with E-state index in [4.69, 9.17) is 121 Å². The molecule has 28 heteroatoms. The van der Waals surface area contributed by atoms with Gasteiger partial charge in [0.15, 0.2) is 46.0 Å². The number of rotatable bonds is 24. The standard InChI is InChI=1S/4C18H20ClNO5/c4*1-18(2,19)13(21)9-25-12-6-5-10-14(16(12)23-4)20-17-11(7-8-24-17)15(10)22-3/h4*5-8,13,21H,9H2,1-4H3/t4*13-/m1111/s1. The van der Waals surface area contributed by atoms with Crippen molar-refractivity contribution in [3.05, 3.63) is 97.8 Å². The minimum atomic E-state index is -0.843. The number of pyridine rings is 4. The minimum Gasteiger partial charge on any atom is -0.495 e. The Labute approximate surface area is 595 Å². The average Bonchev–Trinajstić information content (AvgIpc) is 1.34. The number of furan rings is 4.